The topological polar surface area (TPSA) is 20.3 Å². The number of carbonyl (C=O) groups excluding carboxylic acids is 1. The van der Waals surface area contributed by atoms with Crippen molar-refractivity contribution in [2.24, 2.45) is 23.7 Å². The van der Waals surface area contributed by atoms with Crippen LogP contribution < -0.4 is 0 Å². The molecule has 4 unspecified atom stereocenters. The van der Waals surface area contributed by atoms with E-state index >= 15 is 0 Å². The Morgan fingerprint density at radius 2 is 1.94 bits per heavy atom. The van der Waals surface area contributed by atoms with Gasteiger partial charge in [-0.25, -0.2) is 0 Å². The highest BCUT2D eigenvalue weighted by molar-refractivity contribution is 5.80. The van der Waals surface area contributed by atoms with E-state index in [4.69, 9.17) is 0 Å². The molecule has 1 heterocycles. The van der Waals surface area contributed by atoms with Crippen molar-refractivity contribution in [3.63, 3.8) is 0 Å². The molecule has 2 aliphatic rings. The van der Waals surface area contributed by atoms with E-state index in [0.717, 1.165) is 12.5 Å². The summed E-state index contributed by atoms with van der Waals surface area (Å²) in [5.74, 6) is 2.75. The molecule has 2 nitrogen and oxygen atoms in total. The van der Waals surface area contributed by atoms with Crippen LogP contribution in [0, 0.1) is 23.7 Å². The van der Waals surface area contributed by atoms with Crippen LogP contribution in [0.5, 0.6) is 0 Å². The lowest BCUT2D eigenvalue weighted by atomic mass is 9.85. The number of nitrogens with zero attached hydrogens (tertiary/aromatic N) is 1. The molecule has 0 spiro atoms. The van der Waals surface area contributed by atoms with Crippen LogP contribution in [-0.2, 0) is 4.79 Å². The van der Waals surface area contributed by atoms with E-state index in [0.29, 0.717) is 29.7 Å². The van der Waals surface area contributed by atoms with Gasteiger partial charge in [0.15, 0.2) is 0 Å². The second-order valence-corrected chi connectivity index (χ2v) is 6.15. The largest absolute Gasteiger partial charge is 0.340 e. The molecule has 16 heavy (non-hydrogen) atoms. The molecule has 1 saturated carbocycles. The summed E-state index contributed by atoms with van der Waals surface area (Å²) in [6, 6.07) is 0.370. The lowest BCUT2D eigenvalue weighted by Crippen LogP contribution is -2.42. The fraction of sp³-hybridized carbons (Fsp3) is 0.929. The van der Waals surface area contributed by atoms with Crippen molar-refractivity contribution >= 4 is 5.91 Å². The van der Waals surface area contributed by atoms with Crippen molar-refractivity contribution in [1.29, 1.82) is 0 Å². The first-order chi connectivity index (χ1) is 7.52. The highest BCUT2D eigenvalue weighted by Crippen LogP contribution is 2.46. The molecule has 2 fully saturated rings. The Labute approximate surface area is 99.4 Å². The van der Waals surface area contributed by atoms with Gasteiger partial charge in [-0.15, -0.1) is 0 Å². The van der Waals surface area contributed by atoms with Crippen molar-refractivity contribution in [3.8, 4) is 0 Å². The minimum Gasteiger partial charge on any atom is -0.340 e. The van der Waals surface area contributed by atoms with Gasteiger partial charge in [-0.2, -0.15) is 0 Å². The molecule has 0 aromatic rings. The van der Waals surface area contributed by atoms with Crippen LogP contribution >= 0.6 is 0 Å². The third-order valence-electron chi connectivity index (χ3n) is 4.68. The summed E-state index contributed by atoms with van der Waals surface area (Å²) in [4.78, 5) is 14.7. The van der Waals surface area contributed by atoms with Crippen molar-refractivity contribution in [2.75, 3.05) is 6.54 Å². The van der Waals surface area contributed by atoms with Crippen molar-refractivity contribution in [3.05, 3.63) is 0 Å². The number of amides is 1. The van der Waals surface area contributed by atoms with Crippen molar-refractivity contribution in [1.82, 2.24) is 4.90 Å². The molecule has 1 amide bonds. The monoisotopic (exact) mass is 223 g/mol. The molecule has 4 atom stereocenters. The molecule has 1 aliphatic heterocycles. The second-order valence-electron chi connectivity index (χ2n) is 6.15. The van der Waals surface area contributed by atoms with E-state index < -0.39 is 0 Å². The average Bonchev–Trinajstić information content (AvgIpc) is 2.39. The molecule has 1 saturated heterocycles. The summed E-state index contributed by atoms with van der Waals surface area (Å²) in [7, 11) is 0. The number of carbonyl (C=O) groups is 1. The van der Waals surface area contributed by atoms with Gasteiger partial charge in [-0.05, 0) is 50.9 Å². The minimum absolute atomic E-state index is 0.319. The average molecular weight is 223 g/mol. The summed E-state index contributed by atoms with van der Waals surface area (Å²) in [6.07, 6.45) is 3.69. The molecule has 2 heteroatoms. The second kappa shape index (κ2) is 4.38. The predicted molar refractivity (Wildman–Crippen MR) is 66.0 cm³/mol. The lowest BCUT2D eigenvalue weighted by molar-refractivity contribution is -0.138. The van der Waals surface area contributed by atoms with E-state index in [2.05, 4.69) is 32.6 Å². The van der Waals surface area contributed by atoms with Gasteiger partial charge >= 0.3 is 0 Å². The molecule has 92 valence electrons. The summed E-state index contributed by atoms with van der Waals surface area (Å²) in [5.41, 5.74) is 0. The summed E-state index contributed by atoms with van der Waals surface area (Å²) in [6.45, 7) is 9.86. The molecular formula is C14H25NO. The Morgan fingerprint density at radius 3 is 2.56 bits per heavy atom. The maximum atomic E-state index is 12.6. The molecule has 0 aromatic carbocycles. The first kappa shape index (κ1) is 11.9. The highest BCUT2D eigenvalue weighted by atomic mass is 16.2. The van der Waals surface area contributed by atoms with E-state index in [9.17, 15) is 4.79 Å². The third kappa shape index (κ3) is 1.87. The summed E-state index contributed by atoms with van der Waals surface area (Å²) >= 11 is 0. The molecule has 2 rings (SSSR count). The normalized spacial score (nSPS) is 40.1. The van der Waals surface area contributed by atoms with E-state index in [1.54, 1.807) is 0 Å². The van der Waals surface area contributed by atoms with Crippen LogP contribution in [0.3, 0.4) is 0 Å². The van der Waals surface area contributed by atoms with Gasteiger partial charge in [0.2, 0.25) is 5.91 Å². The molecule has 0 aromatic heterocycles. The Morgan fingerprint density at radius 1 is 1.25 bits per heavy atom. The van der Waals surface area contributed by atoms with Gasteiger partial charge < -0.3 is 4.90 Å². The van der Waals surface area contributed by atoms with Gasteiger partial charge in [0.05, 0.1) is 0 Å². The fourth-order valence-electron chi connectivity index (χ4n) is 3.89. The lowest BCUT2D eigenvalue weighted by Gasteiger charge is -2.29. The maximum Gasteiger partial charge on any atom is 0.226 e. The SMILES string of the molecule is CC1CC(C)C2C(=O)N(C(C)C)CCCC12. The number of fused-ring (bicyclic) bond motifs is 1. The minimum atomic E-state index is 0.319. The first-order valence-electron chi connectivity index (χ1n) is 6.82. The van der Waals surface area contributed by atoms with E-state index in [1.807, 2.05) is 0 Å². The smallest absolute Gasteiger partial charge is 0.226 e. The molecule has 0 N–H and O–H groups in total. The van der Waals surface area contributed by atoms with Gasteiger partial charge in [0, 0.05) is 18.5 Å². The molecular weight excluding hydrogens is 198 g/mol. The Hall–Kier alpha value is -0.530. The van der Waals surface area contributed by atoms with E-state index in [1.165, 1.54) is 19.3 Å². The van der Waals surface area contributed by atoms with Crippen LogP contribution in [0.15, 0.2) is 0 Å². The van der Waals surface area contributed by atoms with Crippen LogP contribution in [0.1, 0.15) is 47.0 Å². The quantitative estimate of drug-likeness (QED) is 0.669. The zero-order valence-electron chi connectivity index (χ0n) is 11.1. The maximum absolute atomic E-state index is 12.6. The van der Waals surface area contributed by atoms with Crippen LogP contribution in [0.25, 0.3) is 0 Å². The predicted octanol–water partition coefficient (Wildman–Crippen LogP) is 2.93. The summed E-state index contributed by atoms with van der Waals surface area (Å²) in [5, 5.41) is 0. The molecule has 0 radical (unpaired) electrons. The van der Waals surface area contributed by atoms with E-state index in [-0.39, 0.29) is 0 Å². The number of hydrogen-bond donors (Lipinski definition) is 0. The van der Waals surface area contributed by atoms with Gasteiger partial charge in [0.1, 0.15) is 0 Å². The van der Waals surface area contributed by atoms with Gasteiger partial charge in [0.25, 0.3) is 0 Å². The van der Waals surface area contributed by atoms with Crippen molar-refractivity contribution < 1.29 is 4.79 Å². The summed E-state index contributed by atoms with van der Waals surface area (Å²) < 4.78 is 0. The fourth-order valence-corrected chi connectivity index (χ4v) is 3.89. The van der Waals surface area contributed by atoms with Gasteiger partial charge in [-0.3, -0.25) is 4.79 Å². The van der Waals surface area contributed by atoms with Crippen molar-refractivity contribution in [2.45, 2.75) is 53.0 Å². The number of likely N-dealkylation sites (tertiary alicyclic amines) is 1. The zero-order chi connectivity index (χ0) is 11.9. The Kier molecular flexibility index (Phi) is 3.27. The number of hydrogen-bond acceptors (Lipinski definition) is 1. The van der Waals surface area contributed by atoms with Crippen LogP contribution in [-0.4, -0.2) is 23.4 Å². The zero-order valence-corrected chi connectivity index (χ0v) is 11.1. The highest BCUT2D eigenvalue weighted by Gasteiger charge is 2.45. The third-order valence-corrected chi connectivity index (χ3v) is 4.68. The Balaban J connectivity index is 2.22. The number of rotatable bonds is 1. The van der Waals surface area contributed by atoms with Gasteiger partial charge in [-0.1, -0.05) is 13.8 Å². The Bertz CT molecular complexity index is 274. The first-order valence-corrected chi connectivity index (χ1v) is 6.82. The standard InChI is InChI=1S/C14H25NO/c1-9(2)15-7-5-6-12-10(3)8-11(4)13(12)14(15)16/h9-13H,5-8H2,1-4H3. The van der Waals surface area contributed by atoms with Crippen LogP contribution in [0.2, 0.25) is 0 Å². The van der Waals surface area contributed by atoms with Crippen LogP contribution in [0.4, 0.5) is 0 Å². The molecule has 1 aliphatic carbocycles. The molecule has 0 bridgehead atoms.